The molecule has 0 aliphatic rings. The average Bonchev–Trinajstić information content (AvgIpc) is 2.08. The van der Waals surface area contributed by atoms with E-state index in [1.807, 2.05) is 0 Å². The van der Waals surface area contributed by atoms with Gasteiger partial charge in [-0.15, -0.1) is 0 Å². The summed E-state index contributed by atoms with van der Waals surface area (Å²) in [6.45, 7) is 0. The van der Waals surface area contributed by atoms with Gasteiger partial charge in [0, 0.05) is 17.7 Å². The molecule has 0 atom stereocenters. The van der Waals surface area contributed by atoms with Crippen molar-refractivity contribution in [1.29, 1.82) is 5.26 Å². The van der Waals surface area contributed by atoms with Crippen LogP contribution in [0.4, 0.5) is 10.1 Å². The number of halogens is 1. The van der Waals surface area contributed by atoms with E-state index in [2.05, 4.69) is 0 Å². The molecule has 0 unspecified atom stereocenters. The highest BCUT2D eigenvalue weighted by Crippen LogP contribution is 2.16. The summed E-state index contributed by atoms with van der Waals surface area (Å²) in [4.78, 5) is 9.64. The molecule has 0 aliphatic heterocycles. The molecule has 1 rings (SSSR count). The number of nitro groups is 1. The molecule has 0 saturated heterocycles. The van der Waals surface area contributed by atoms with Crippen molar-refractivity contribution in [2.75, 3.05) is 0 Å². The second-order valence-corrected chi connectivity index (χ2v) is 2.37. The van der Waals surface area contributed by atoms with Crippen molar-refractivity contribution in [1.82, 2.24) is 0 Å². The largest absolute Gasteiger partial charge is 0.269 e. The van der Waals surface area contributed by atoms with Gasteiger partial charge in [-0.2, -0.15) is 5.26 Å². The van der Waals surface area contributed by atoms with Crippen LogP contribution in [0.15, 0.2) is 18.2 Å². The van der Waals surface area contributed by atoms with Gasteiger partial charge in [-0.05, 0) is 6.07 Å². The molecule has 0 heterocycles. The van der Waals surface area contributed by atoms with Gasteiger partial charge in [0.1, 0.15) is 5.82 Å². The highest BCUT2D eigenvalue weighted by atomic mass is 19.1. The first-order chi connectivity index (χ1) is 6.15. The Morgan fingerprint density at radius 3 is 2.85 bits per heavy atom. The quantitative estimate of drug-likeness (QED) is 0.514. The third-order valence-corrected chi connectivity index (χ3v) is 1.51. The second kappa shape index (κ2) is 3.63. The zero-order valence-electron chi connectivity index (χ0n) is 6.53. The number of nitrogens with zero attached hydrogens (tertiary/aromatic N) is 2. The van der Waals surface area contributed by atoms with Crippen molar-refractivity contribution < 1.29 is 9.31 Å². The Balaban J connectivity index is 3.12. The minimum atomic E-state index is -0.625. The minimum Gasteiger partial charge on any atom is -0.258 e. The highest BCUT2D eigenvalue weighted by Gasteiger charge is 2.09. The van der Waals surface area contributed by atoms with Crippen molar-refractivity contribution in [2.45, 2.75) is 6.42 Å². The fraction of sp³-hybridized carbons (Fsp3) is 0.125. The van der Waals surface area contributed by atoms with Crippen LogP contribution in [-0.2, 0) is 6.42 Å². The molecule has 0 spiro atoms. The molecule has 0 N–H and O–H groups in total. The standard InChI is InChI=1S/C8H5FN2O2/c9-8-2-1-7(11(12)13)5-6(8)3-4-10/h1-2,5H,3H2. The lowest BCUT2D eigenvalue weighted by atomic mass is 10.1. The fourth-order valence-corrected chi connectivity index (χ4v) is 0.895. The summed E-state index contributed by atoms with van der Waals surface area (Å²) in [7, 11) is 0. The summed E-state index contributed by atoms with van der Waals surface area (Å²) in [5, 5.41) is 18.6. The number of hydrogen-bond donors (Lipinski definition) is 0. The van der Waals surface area contributed by atoms with Crippen LogP contribution in [-0.4, -0.2) is 4.92 Å². The first kappa shape index (κ1) is 9.13. The van der Waals surface area contributed by atoms with E-state index in [-0.39, 0.29) is 17.7 Å². The second-order valence-electron chi connectivity index (χ2n) is 2.37. The summed E-state index contributed by atoms with van der Waals surface area (Å²) in [6, 6.07) is 4.85. The molecule has 0 radical (unpaired) electrons. The average molecular weight is 180 g/mol. The highest BCUT2D eigenvalue weighted by molar-refractivity contribution is 5.36. The molecule has 4 nitrogen and oxygen atoms in total. The Hall–Kier alpha value is -1.96. The maximum absolute atomic E-state index is 12.8. The first-order valence-electron chi connectivity index (χ1n) is 3.45. The van der Waals surface area contributed by atoms with Gasteiger partial charge < -0.3 is 0 Å². The molecule has 1 aromatic rings. The molecule has 1 aromatic carbocycles. The van der Waals surface area contributed by atoms with Crippen LogP contribution >= 0.6 is 0 Å². The lowest BCUT2D eigenvalue weighted by Gasteiger charge is -1.96. The Bertz CT molecular complexity index is 384. The lowest BCUT2D eigenvalue weighted by molar-refractivity contribution is -0.385. The van der Waals surface area contributed by atoms with E-state index < -0.39 is 10.7 Å². The zero-order valence-corrected chi connectivity index (χ0v) is 6.53. The first-order valence-corrected chi connectivity index (χ1v) is 3.45. The zero-order chi connectivity index (χ0) is 9.84. The van der Waals surface area contributed by atoms with Crippen molar-refractivity contribution >= 4 is 5.69 Å². The molecular formula is C8H5FN2O2. The molecule has 0 fully saturated rings. The number of hydrogen-bond acceptors (Lipinski definition) is 3. The molecule has 0 bridgehead atoms. The van der Waals surface area contributed by atoms with Crippen LogP contribution in [0, 0.1) is 27.3 Å². The van der Waals surface area contributed by atoms with Crippen molar-refractivity contribution in [3.8, 4) is 6.07 Å². The van der Waals surface area contributed by atoms with E-state index >= 15 is 0 Å². The van der Waals surface area contributed by atoms with Gasteiger partial charge in [-0.1, -0.05) is 0 Å². The Labute approximate surface area is 73.4 Å². The van der Waals surface area contributed by atoms with E-state index in [1.165, 1.54) is 0 Å². The fourth-order valence-electron chi connectivity index (χ4n) is 0.895. The molecular weight excluding hydrogens is 175 g/mol. The summed E-state index contributed by atoms with van der Waals surface area (Å²) in [6.07, 6.45) is -0.159. The maximum atomic E-state index is 12.8. The van der Waals surface area contributed by atoms with Crippen LogP contribution in [0.1, 0.15) is 5.56 Å². The van der Waals surface area contributed by atoms with E-state index in [0.29, 0.717) is 0 Å². The van der Waals surface area contributed by atoms with Gasteiger partial charge in [0.05, 0.1) is 17.4 Å². The number of benzene rings is 1. The number of rotatable bonds is 2. The van der Waals surface area contributed by atoms with Gasteiger partial charge in [0.15, 0.2) is 0 Å². The van der Waals surface area contributed by atoms with E-state index in [4.69, 9.17) is 5.26 Å². The van der Waals surface area contributed by atoms with Gasteiger partial charge >= 0.3 is 0 Å². The van der Waals surface area contributed by atoms with E-state index in [0.717, 1.165) is 18.2 Å². The third-order valence-electron chi connectivity index (χ3n) is 1.51. The van der Waals surface area contributed by atoms with Crippen LogP contribution in [0.2, 0.25) is 0 Å². The summed E-state index contributed by atoms with van der Waals surface area (Å²) < 4.78 is 12.8. The predicted molar refractivity (Wildman–Crippen MR) is 42.4 cm³/mol. The van der Waals surface area contributed by atoms with Crippen LogP contribution in [0.3, 0.4) is 0 Å². The van der Waals surface area contributed by atoms with Gasteiger partial charge in [0.25, 0.3) is 5.69 Å². The molecule has 0 aliphatic carbocycles. The molecule has 0 saturated carbocycles. The van der Waals surface area contributed by atoms with Crippen molar-refractivity contribution in [2.24, 2.45) is 0 Å². The SMILES string of the molecule is N#CCc1cc([N+](=O)[O-])ccc1F. The molecule has 0 aromatic heterocycles. The normalized spacial score (nSPS) is 9.23. The van der Waals surface area contributed by atoms with Gasteiger partial charge in [-0.3, -0.25) is 10.1 Å². The topological polar surface area (TPSA) is 66.9 Å². The van der Waals surface area contributed by atoms with Gasteiger partial charge in [-0.25, -0.2) is 4.39 Å². The van der Waals surface area contributed by atoms with Crippen molar-refractivity contribution in [3.05, 3.63) is 39.7 Å². The summed E-state index contributed by atoms with van der Waals surface area (Å²) in [5.74, 6) is -0.591. The minimum absolute atomic E-state index is 0.0525. The summed E-state index contributed by atoms with van der Waals surface area (Å²) in [5.41, 5.74) is -0.150. The summed E-state index contributed by atoms with van der Waals surface area (Å²) >= 11 is 0. The van der Waals surface area contributed by atoms with Crippen LogP contribution in [0.5, 0.6) is 0 Å². The number of nitro benzene ring substituents is 1. The molecule has 5 heteroatoms. The van der Waals surface area contributed by atoms with Crippen molar-refractivity contribution in [3.63, 3.8) is 0 Å². The molecule has 13 heavy (non-hydrogen) atoms. The molecule has 0 amide bonds. The molecule has 66 valence electrons. The maximum Gasteiger partial charge on any atom is 0.269 e. The number of non-ortho nitro benzene ring substituents is 1. The van der Waals surface area contributed by atoms with Crippen LogP contribution in [0.25, 0.3) is 0 Å². The number of nitriles is 1. The van der Waals surface area contributed by atoms with E-state index in [9.17, 15) is 14.5 Å². The van der Waals surface area contributed by atoms with Gasteiger partial charge in [0.2, 0.25) is 0 Å². The Morgan fingerprint density at radius 1 is 1.62 bits per heavy atom. The monoisotopic (exact) mass is 180 g/mol. The lowest BCUT2D eigenvalue weighted by Crippen LogP contribution is -1.93. The van der Waals surface area contributed by atoms with Crippen LogP contribution < -0.4 is 0 Å². The smallest absolute Gasteiger partial charge is 0.258 e. The van der Waals surface area contributed by atoms with E-state index in [1.54, 1.807) is 6.07 Å². The Morgan fingerprint density at radius 2 is 2.31 bits per heavy atom. The predicted octanol–water partition coefficient (Wildman–Crippen LogP) is 1.80. The Kier molecular flexibility index (Phi) is 2.55. The third kappa shape index (κ3) is 1.99.